The summed E-state index contributed by atoms with van der Waals surface area (Å²) in [5, 5.41) is 8.48. The molecular formula is C8H12N6O2. The summed E-state index contributed by atoms with van der Waals surface area (Å²) in [5.74, 6) is -0.557. The number of nitrogens with two attached hydrogens (primary N) is 1. The lowest BCUT2D eigenvalue weighted by Gasteiger charge is -2.10. The van der Waals surface area contributed by atoms with Gasteiger partial charge in [0.15, 0.2) is 0 Å². The lowest BCUT2D eigenvalue weighted by molar-refractivity contribution is -0.128. The van der Waals surface area contributed by atoms with Crippen LogP contribution in [-0.4, -0.2) is 51.5 Å². The first kappa shape index (κ1) is 10.4. The second-order valence-electron chi connectivity index (χ2n) is 3.62. The molecule has 2 amide bonds. The van der Waals surface area contributed by atoms with Gasteiger partial charge in [-0.05, 0) is 6.42 Å². The number of anilines is 1. The largest absolute Gasteiger partial charge is 0.366 e. The monoisotopic (exact) mass is 224 g/mol. The van der Waals surface area contributed by atoms with Gasteiger partial charge < -0.3 is 16.0 Å². The average Bonchev–Trinajstić information content (AvgIpc) is 2.79. The molecule has 4 N–H and O–H groups in total. The zero-order chi connectivity index (χ0) is 11.7. The molecule has 1 aliphatic rings. The number of amides is 2. The van der Waals surface area contributed by atoms with Crippen LogP contribution in [0.3, 0.4) is 0 Å². The van der Waals surface area contributed by atoms with Gasteiger partial charge in [0, 0.05) is 13.6 Å². The van der Waals surface area contributed by atoms with Crippen LogP contribution in [0.25, 0.3) is 0 Å². The number of nitrogens with one attached hydrogen (secondary N) is 2. The fourth-order valence-corrected chi connectivity index (χ4v) is 1.56. The van der Waals surface area contributed by atoms with Crippen LogP contribution in [0.15, 0.2) is 0 Å². The topological polar surface area (TPSA) is 117 Å². The fraction of sp³-hybridized carbons (Fsp3) is 0.500. The van der Waals surface area contributed by atoms with Crippen LogP contribution >= 0.6 is 0 Å². The molecule has 86 valence electrons. The van der Waals surface area contributed by atoms with Crippen LogP contribution in [-0.2, 0) is 4.79 Å². The van der Waals surface area contributed by atoms with E-state index in [1.807, 2.05) is 0 Å². The predicted molar refractivity (Wildman–Crippen MR) is 54.3 cm³/mol. The molecule has 1 aromatic rings. The average molecular weight is 224 g/mol. The van der Waals surface area contributed by atoms with Gasteiger partial charge in [0.05, 0.1) is 0 Å². The van der Waals surface area contributed by atoms with Crippen molar-refractivity contribution in [3.63, 3.8) is 0 Å². The SMILES string of the molecule is CN1CCC(NC(=O)c2nc(N)n[nH]2)C1=O. The van der Waals surface area contributed by atoms with E-state index in [2.05, 4.69) is 20.5 Å². The molecule has 0 saturated carbocycles. The molecule has 8 heteroatoms. The first-order valence-electron chi connectivity index (χ1n) is 4.81. The highest BCUT2D eigenvalue weighted by molar-refractivity contribution is 5.95. The second kappa shape index (κ2) is 3.80. The Hall–Kier alpha value is -2.12. The Morgan fingerprint density at radius 1 is 1.69 bits per heavy atom. The normalized spacial score (nSPS) is 20.2. The lowest BCUT2D eigenvalue weighted by atomic mass is 10.2. The molecule has 1 atom stereocenters. The minimum atomic E-state index is -0.483. The Morgan fingerprint density at radius 2 is 2.44 bits per heavy atom. The Balaban J connectivity index is 2.01. The number of carbonyl (C=O) groups excluding carboxylic acids is 2. The van der Waals surface area contributed by atoms with Crippen molar-refractivity contribution in [3.8, 4) is 0 Å². The standard InChI is InChI=1S/C8H12N6O2/c1-14-3-2-4(7(14)16)10-6(15)5-11-8(9)13-12-5/h4H,2-3H2,1H3,(H,10,15)(H3,9,11,12,13). The van der Waals surface area contributed by atoms with Crippen molar-refractivity contribution in [1.82, 2.24) is 25.4 Å². The Bertz CT molecular complexity index is 428. The molecular weight excluding hydrogens is 212 g/mol. The summed E-state index contributed by atoms with van der Waals surface area (Å²) in [6.45, 7) is 0.641. The number of hydrogen-bond donors (Lipinski definition) is 3. The molecule has 1 unspecified atom stereocenters. The van der Waals surface area contributed by atoms with Gasteiger partial charge in [-0.3, -0.25) is 14.7 Å². The number of rotatable bonds is 2. The number of hydrogen-bond acceptors (Lipinski definition) is 5. The molecule has 0 radical (unpaired) electrons. The van der Waals surface area contributed by atoms with E-state index < -0.39 is 11.9 Å². The Morgan fingerprint density at radius 3 is 2.94 bits per heavy atom. The van der Waals surface area contributed by atoms with Crippen molar-refractivity contribution in [3.05, 3.63) is 5.82 Å². The molecule has 1 saturated heterocycles. The third-order valence-electron chi connectivity index (χ3n) is 2.45. The van der Waals surface area contributed by atoms with Crippen molar-refractivity contribution >= 4 is 17.8 Å². The smallest absolute Gasteiger partial charge is 0.289 e. The molecule has 0 bridgehead atoms. The van der Waals surface area contributed by atoms with Crippen LogP contribution in [0.5, 0.6) is 0 Å². The first-order chi connectivity index (χ1) is 7.58. The van der Waals surface area contributed by atoms with Gasteiger partial charge in [0.2, 0.25) is 17.7 Å². The number of nitrogen functional groups attached to an aromatic ring is 1. The van der Waals surface area contributed by atoms with E-state index in [1.165, 1.54) is 0 Å². The lowest BCUT2D eigenvalue weighted by Crippen LogP contribution is -2.40. The summed E-state index contributed by atoms with van der Waals surface area (Å²) < 4.78 is 0. The molecule has 0 spiro atoms. The number of carbonyl (C=O) groups is 2. The zero-order valence-electron chi connectivity index (χ0n) is 8.73. The van der Waals surface area contributed by atoms with Gasteiger partial charge in [-0.2, -0.15) is 4.98 Å². The van der Waals surface area contributed by atoms with Crippen LogP contribution in [0.2, 0.25) is 0 Å². The van der Waals surface area contributed by atoms with Crippen LogP contribution in [0, 0.1) is 0 Å². The second-order valence-corrected chi connectivity index (χ2v) is 3.62. The molecule has 8 nitrogen and oxygen atoms in total. The third kappa shape index (κ3) is 1.81. The minimum absolute atomic E-state index is 0.0000153. The van der Waals surface area contributed by atoms with Gasteiger partial charge in [0.25, 0.3) is 5.91 Å². The number of likely N-dealkylation sites (N-methyl/N-ethyl adjacent to an activating group) is 1. The summed E-state index contributed by atoms with van der Waals surface area (Å²) in [7, 11) is 1.70. The van der Waals surface area contributed by atoms with Crippen LogP contribution in [0.4, 0.5) is 5.95 Å². The van der Waals surface area contributed by atoms with Crippen molar-refractivity contribution in [2.75, 3.05) is 19.3 Å². The number of likely N-dealkylation sites (tertiary alicyclic amines) is 1. The Kier molecular flexibility index (Phi) is 2.47. The highest BCUT2D eigenvalue weighted by atomic mass is 16.2. The summed E-state index contributed by atoms with van der Waals surface area (Å²) in [5.41, 5.74) is 5.27. The molecule has 2 heterocycles. The van der Waals surface area contributed by atoms with Gasteiger partial charge in [0.1, 0.15) is 6.04 Å². The predicted octanol–water partition coefficient (Wildman–Crippen LogP) is -1.65. The van der Waals surface area contributed by atoms with E-state index in [-0.39, 0.29) is 17.7 Å². The molecule has 2 rings (SSSR count). The van der Waals surface area contributed by atoms with Crippen LogP contribution in [0.1, 0.15) is 17.0 Å². The van der Waals surface area contributed by atoms with Gasteiger partial charge in [-0.25, -0.2) is 0 Å². The minimum Gasteiger partial charge on any atom is -0.366 e. The molecule has 0 aliphatic carbocycles. The van der Waals surface area contributed by atoms with Gasteiger partial charge in [-0.1, -0.05) is 0 Å². The first-order valence-corrected chi connectivity index (χ1v) is 4.81. The van der Waals surface area contributed by atoms with E-state index in [4.69, 9.17) is 5.73 Å². The quantitative estimate of drug-likeness (QED) is 0.556. The van der Waals surface area contributed by atoms with Crippen molar-refractivity contribution in [2.45, 2.75) is 12.5 Å². The van der Waals surface area contributed by atoms with E-state index in [9.17, 15) is 9.59 Å². The van der Waals surface area contributed by atoms with Crippen LogP contribution < -0.4 is 11.1 Å². The van der Waals surface area contributed by atoms with E-state index in [0.29, 0.717) is 13.0 Å². The summed E-state index contributed by atoms with van der Waals surface area (Å²) in [6.07, 6.45) is 0.602. The van der Waals surface area contributed by atoms with E-state index >= 15 is 0 Å². The van der Waals surface area contributed by atoms with Crippen molar-refractivity contribution in [1.29, 1.82) is 0 Å². The zero-order valence-corrected chi connectivity index (χ0v) is 8.73. The number of nitrogens with zero attached hydrogens (tertiary/aromatic N) is 3. The third-order valence-corrected chi connectivity index (χ3v) is 2.45. The summed E-state index contributed by atoms with van der Waals surface area (Å²) in [4.78, 5) is 28.4. The number of H-pyrrole nitrogens is 1. The molecule has 0 aromatic carbocycles. The van der Waals surface area contributed by atoms with E-state index in [0.717, 1.165) is 0 Å². The van der Waals surface area contributed by atoms with Gasteiger partial charge in [-0.15, -0.1) is 5.10 Å². The number of aromatic nitrogens is 3. The molecule has 1 aliphatic heterocycles. The maximum atomic E-state index is 11.6. The summed E-state index contributed by atoms with van der Waals surface area (Å²) >= 11 is 0. The van der Waals surface area contributed by atoms with Gasteiger partial charge >= 0.3 is 0 Å². The van der Waals surface area contributed by atoms with Crippen molar-refractivity contribution in [2.24, 2.45) is 0 Å². The summed E-state index contributed by atoms with van der Waals surface area (Å²) in [6, 6.07) is -0.483. The van der Waals surface area contributed by atoms with E-state index in [1.54, 1.807) is 11.9 Å². The maximum Gasteiger partial charge on any atom is 0.289 e. The highest BCUT2D eigenvalue weighted by Crippen LogP contribution is 2.08. The Labute approximate surface area is 91.2 Å². The maximum absolute atomic E-state index is 11.6. The molecule has 1 aromatic heterocycles. The highest BCUT2D eigenvalue weighted by Gasteiger charge is 2.30. The molecule has 1 fully saturated rings. The fourth-order valence-electron chi connectivity index (χ4n) is 1.56. The molecule has 16 heavy (non-hydrogen) atoms. The number of aromatic amines is 1. The van der Waals surface area contributed by atoms with Crippen molar-refractivity contribution < 1.29 is 9.59 Å².